The van der Waals surface area contributed by atoms with Crippen molar-refractivity contribution < 1.29 is 14.6 Å². The predicted molar refractivity (Wildman–Crippen MR) is 83.4 cm³/mol. The van der Waals surface area contributed by atoms with Crippen molar-refractivity contribution in [1.29, 1.82) is 0 Å². The number of hydrogen-bond acceptors (Lipinski definition) is 4. The monoisotopic (exact) mass is 295 g/mol. The number of benzene rings is 1. The van der Waals surface area contributed by atoms with Crippen LogP contribution >= 0.6 is 0 Å². The molecule has 1 heterocycles. The minimum atomic E-state index is -0.694. The van der Waals surface area contributed by atoms with E-state index in [-0.39, 0.29) is 5.97 Å². The number of ether oxygens (including phenoxy) is 1. The number of carbonyl (C=O) groups is 1. The quantitative estimate of drug-likeness (QED) is 0.885. The fourth-order valence-electron chi connectivity index (χ4n) is 2.82. The zero-order valence-corrected chi connectivity index (χ0v) is 12.5. The number of fused-ring (bicyclic) bond motifs is 1. The summed E-state index contributed by atoms with van der Waals surface area (Å²) >= 11 is 0. The Bertz CT molecular complexity index is 765. The van der Waals surface area contributed by atoms with Gasteiger partial charge >= 0.3 is 5.97 Å². The number of carbonyl (C=O) groups excluding carboxylic acids is 1. The lowest BCUT2D eigenvalue weighted by Crippen LogP contribution is -2.08. The minimum absolute atomic E-state index is 0.376. The number of pyridine rings is 1. The van der Waals surface area contributed by atoms with Crippen LogP contribution in [0.5, 0.6) is 0 Å². The molecule has 0 radical (unpaired) electrons. The van der Waals surface area contributed by atoms with Gasteiger partial charge in [0, 0.05) is 6.20 Å². The Morgan fingerprint density at radius 2 is 2.09 bits per heavy atom. The number of aromatic nitrogens is 1. The second-order valence-electron chi connectivity index (χ2n) is 5.37. The van der Waals surface area contributed by atoms with Crippen LogP contribution in [0.3, 0.4) is 0 Å². The van der Waals surface area contributed by atoms with E-state index in [0.29, 0.717) is 12.0 Å². The van der Waals surface area contributed by atoms with Crippen molar-refractivity contribution in [2.45, 2.75) is 19.4 Å². The number of esters is 1. The van der Waals surface area contributed by atoms with Crippen molar-refractivity contribution in [1.82, 2.24) is 4.98 Å². The van der Waals surface area contributed by atoms with Gasteiger partial charge in [0.25, 0.3) is 0 Å². The summed E-state index contributed by atoms with van der Waals surface area (Å²) in [6, 6.07) is 9.39. The van der Waals surface area contributed by atoms with Crippen molar-refractivity contribution in [3.8, 4) is 0 Å². The molecule has 1 N–H and O–H groups in total. The van der Waals surface area contributed by atoms with Gasteiger partial charge in [-0.25, -0.2) is 4.79 Å². The molecule has 1 aliphatic rings. The van der Waals surface area contributed by atoms with Crippen molar-refractivity contribution in [2.24, 2.45) is 0 Å². The van der Waals surface area contributed by atoms with E-state index in [4.69, 9.17) is 4.74 Å². The normalized spacial score (nSPS) is 14.2. The SMILES string of the molecule is COC(=O)c1ccnc2c1CC(C(O)c1ccccc1C)=C2. The van der Waals surface area contributed by atoms with E-state index in [1.165, 1.54) is 7.11 Å². The molecule has 22 heavy (non-hydrogen) atoms. The Morgan fingerprint density at radius 3 is 2.82 bits per heavy atom. The molecule has 1 aliphatic carbocycles. The fourth-order valence-corrected chi connectivity index (χ4v) is 2.82. The Hall–Kier alpha value is -2.46. The van der Waals surface area contributed by atoms with Crippen LogP contribution in [0, 0.1) is 6.92 Å². The van der Waals surface area contributed by atoms with Gasteiger partial charge < -0.3 is 9.84 Å². The molecule has 1 atom stereocenters. The van der Waals surface area contributed by atoms with Gasteiger partial charge in [0.2, 0.25) is 0 Å². The van der Waals surface area contributed by atoms with Crippen LogP contribution in [0.25, 0.3) is 6.08 Å². The van der Waals surface area contributed by atoms with E-state index < -0.39 is 6.10 Å². The third-order valence-electron chi connectivity index (χ3n) is 4.03. The van der Waals surface area contributed by atoms with Crippen molar-refractivity contribution in [3.63, 3.8) is 0 Å². The summed E-state index contributed by atoms with van der Waals surface area (Å²) in [7, 11) is 1.36. The first-order chi connectivity index (χ1) is 10.6. The first-order valence-corrected chi connectivity index (χ1v) is 7.12. The van der Waals surface area contributed by atoms with Gasteiger partial charge in [-0.15, -0.1) is 0 Å². The van der Waals surface area contributed by atoms with Gasteiger partial charge in [0.05, 0.1) is 18.4 Å². The van der Waals surface area contributed by atoms with E-state index in [2.05, 4.69) is 4.98 Å². The summed E-state index contributed by atoms with van der Waals surface area (Å²) in [5, 5.41) is 10.6. The van der Waals surface area contributed by atoms with Crippen LogP contribution in [-0.2, 0) is 11.2 Å². The molecule has 0 saturated heterocycles. The third kappa shape index (κ3) is 2.42. The second-order valence-corrected chi connectivity index (χ2v) is 5.37. The van der Waals surface area contributed by atoms with E-state index in [1.807, 2.05) is 37.3 Å². The molecule has 4 heteroatoms. The summed E-state index contributed by atoms with van der Waals surface area (Å²) in [4.78, 5) is 16.1. The van der Waals surface area contributed by atoms with Gasteiger partial charge in [0.1, 0.15) is 6.10 Å². The molecular weight excluding hydrogens is 278 g/mol. The average molecular weight is 295 g/mol. The molecule has 0 amide bonds. The molecule has 1 aromatic heterocycles. The third-order valence-corrected chi connectivity index (χ3v) is 4.03. The largest absolute Gasteiger partial charge is 0.465 e. The summed E-state index contributed by atoms with van der Waals surface area (Å²) < 4.78 is 4.81. The minimum Gasteiger partial charge on any atom is -0.465 e. The lowest BCUT2D eigenvalue weighted by Gasteiger charge is -2.15. The maximum Gasteiger partial charge on any atom is 0.338 e. The number of rotatable bonds is 3. The average Bonchev–Trinajstić information content (AvgIpc) is 2.98. The first kappa shape index (κ1) is 14.5. The number of aliphatic hydroxyl groups is 1. The van der Waals surface area contributed by atoms with Gasteiger partial charge in [-0.2, -0.15) is 0 Å². The highest BCUT2D eigenvalue weighted by molar-refractivity contribution is 5.92. The number of methoxy groups -OCH3 is 1. The molecule has 0 spiro atoms. The van der Waals surface area contributed by atoms with Crippen LogP contribution in [-0.4, -0.2) is 23.2 Å². The maximum atomic E-state index is 11.8. The number of hydrogen-bond donors (Lipinski definition) is 1. The highest BCUT2D eigenvalue weighted by atomic mass is 16.5. The van der Waals surface area contributed by atoms with Crippen LogP contribution < -0.4 is 0 Å². The number of nitrogens with zero attached hydrogens (tertiary/aromatic N) is 1. The predicted octanol–water partition coefficient (Wildman–Crippen LogP) is 2.85. The zero-order valence-electron chi connectivity index (χ0n) is 12.5. The summed E-state index contributed by atoms with van der Waals surface area (Å²) in [5.74, 6) is -0.376. The number of aliphatic hydroxyl groups excluding tert-OH is 1. The molecule has 0 saturated carbocycles. The van der Waals surface area contributed by atoms with Gasteiger partial charge in [0.15, 0.2) is 0 Å². The van der Waals surface area contributed by atoms with Crippen LogP contribution in [0.4, 0.5) is 0 Å². The lowest BCUT2D eigenvalue weighted by molar-refractivity contribution is 0.0599. The van der Waals surface area contributed by atoms with E-state index in [1.54, 1.807) is 12.3 Å². The summed E-state index contributed by atoms with van der Waals surface area (Å²) in [6.07, 6.45) is 3.26. The Morgan fingerprint density at radius 1 is 1.32 bits per heavy atom. The highest BCUT2D eigenvalue weighted by Crippen LogP contribution is 2.35. The van der Waals surface area contributed by atoms with Crippen molar-refractivity contribution >= 4 is 12.0 Å². The molecule has 3 rings (SSSR count). The Labute approximate surface area is 129 Å². The van der Waals surface area contributed by atoms with E-state index >= 15 is 0 Å². The standard InChI is InChI=1S/C18H17NO3/c1-11-5-3-4-6-13(11)17(20)12-9-15-14(18(21)22-2)7-8-19-16(15)10-12/h3-8,10,17,20H,9H2,1-2H3. The van der Waals surface area contributed by atoms with Gasteiger partial charge in [-0.1, -0.05) is 24.3 Å². The van der Waals surface area contributed by atoms with Gasteiger partial charge in [-0.3, -0.25) is 4.98 Å². The van der Waals surface area contributed by atoms with E-state index in [9.17, 15) is 9.90 Å². The van der Waals surface area contributed by atoms with Crippen molar-refractivity contribution in [2.75, 3.05) is 7.11 Å². The van der Waals surface area contributed by atoms with Crippen LogP contribution in [0.2, 0.25) is 0 Å². The van der Waals surface area contributed by atoms with Crippen LogP contribution in [0.1, 0.15) is 38.8 Å². The molecular formula is C18H17NO3. The topological polar surface area (TPSA) is 59.4 Å². The number of aryl methyl sites for hydroxylation is 1. The fraction of sp³-hybridized carbons (Fsp3) is 0.222. The first-order valence-electron chi connectivity index (χ1n) is 7.12. The smallest absolute Gasteiger partial charge is 0.338 e. The molecule has 4 nitrogen and oxygen atoms in total. The van der Waals surface area contributed by atoms with Crippen LogP contribution in [0.15, 0.2) is 42.1 Å². The maximum absolute atomic E-state index is 11.8. The Kier molecular flexibility index (Phi) is 3.77. The molecule has 0 aliphatic heterocycles. The summed E-state index contributed by atoms with van der Waals surface area (Å²) in [5.41, 5.74) is 4.81. The molecule has 1 unspecified atom stereocenters. The van der Waals surface area contributed by atoms with E-state index in [0.717, 1.165) is 28.0 Å². The summed E-state index contributed by atoms with van der Waals surface area (Å²) in [6.45, 7) is 1.97. The molecule has 1 aromatic carbocycles. The Balaban J connectivity index is 1.94. The molecule has 112 valence electrons. The second kappa shape index (κ2) is 5.73. The zero-order chi connectivity index (χ0) is 15.7. The molecule has 2 aromatic rings. The highest BCUT2D eigenvalue weighted by Gasteiger charge is 2.26. The molecule has 0 fully saturated rings. The van der Waals surface area contributed by atoms with Crippen molar-refractivity contribution in [3.05, 3.63) is 70.0 Å². The van der Waals surface area contributed by atoms with Gasteiger partial charge in [-0.05, 0) is 47.8 Å². The lowest BCUT2D eigenvalue weighted by atomic mass is 9.95. The molecule has 0 bridgehead atoms.